The van der Waals surface area contributed by atoms with Crippen molar-refractivity contribution in [1.82, 2.24) is 10.2 Å². The molecule has 0 saturated carbocycles. The van der Waals surface area contributed by atoms with E-state index in [1.165, 1.54) is 51.2 Å². The van der Waals surface area contributed by atoms with Crippen LogP contribution in [0.25, 0.3) is 0 Å². The average Bonchev–Trinajstić information content (AvgIpc) is 2.59. The number of thioether (sulfide) groups is 1. The normalized spacial score (nSPS) is 36.2. The summed E-state index contributed by atoms with van der Waals surface area (Å²) in [6, 6.07) is 0.829. The molecule has 2 aliphatic rings. The fraction of sp³-hybridized carbons (Fsp3) is 1.00. The van der Waals surface area contributed by atoms with E-state index >= 15 is 0 Å². The molecule has 0 aromatic rings. The van der Waals surface area contributed by atoms with Crippen molar-refractivity contribution in [1.29, 1.82) is 0 Å². The maximum Gasteiger partial charge on any atom is 0.0120 e. The van der Waals surface area contributed by atoms with E-state index in [-0.39, 0.29) is 0 Å². The monoisotopic (exact) mass is 214 g/mol. The van der Waals surface area contributed by atoms with Crippen LogP contribution in [-0.2, 0) is 0 Å². The van der Waals surface area contributed by atoms with Crippen LogP contribution in [0.2, 0.25) is 0 Å². The lowest BCUT2D eigenvalue weighted by molar-refractivity contribution is 0.222. The van der Waals surface area contributed by atoms with Crippen LogP contribution < -0.4 is 5.32 Å². The molecule has 2 rings (SSSR count). The molecule has 0 aromatic heterocycles. The standard InChI is InChI=1S/C11H22N2S/c1-14-8-2-5-12-11-4-7-13-6-3-10(11)9-13/h10-12H,2-9H2,1H3. The van der Waals surface area contributed by atoms with E-state index in [2.05, 4.69) is 16.5 Å². The second-order valence-corrected chi connectivity index (χ2v) is 5.53. The van der Waals surface area contributed by atoms with Gasteiger partial charge in [0.05, 0.1) is 0 Å². The van der Waals surface area contributed by atoms with Gasteiger partial charge in [0.2, 0.25) is 0 Å². The zero-order valence-corrected chi connectivity index (χ0v) is 9.98. The van der Waals surface area contributed by atoms with E-state index in [0.717, 1.165) is 12.0 Å². The van der Waals surface area contributed by atoms with Gasteiger partial charge < -0.3 is 10.2 Å². The van der Waals surface area contributed by atoms with Gasteiger partial charge in [-0.3, -0.25) is 0 Å². The highest BCUT2D eigenvalue weighted by Gasteiger charge is 2.33. The van der Waals surface area contributed by atoms with Gasteiger partial charge in [-0.15, -0.1) is 0 Å². The number of fused-ring (bicyclic) bond motifs is 2. The number of rotatable bonds is 5. The predicted molar refractivity (Wildman–Crippen MR) is 64.0 cm³/mol. The average molecular weight is 214 g/mol. The molecule has 2 bridgehead atoms. The highest BCUT2D eigenvalue weighted by atomic mass is 32.2. The molecule has 0 radical (unpaired) electrons. The van der Waals surface area contributed by atoms with Crippen molar-refractivity contribution >= 4 is 11.8 Å². The van der Waals surface area contributed by atoms with Gasteiger partial charge in [-0.25, -0.2) is 0 Å². The Kier molecular flexibility index (Phi) is 4.14. The third-order valence-electron chi connectivity index (χ3n) is 3.57. The minimum Gasteiger partial charge on any atom is -0.314 e. The lowest BCUT2D eigenvalue weighted by Crippen LogP contribution is -2.44. The molecular formula is C11H22N2S. The first-order valence-electron chi connectivity index (χ1n) is 5.85. The Hall–Kier alpha value is 0.270. The van der Waals surface area contributed by atoms with Crippen LogP contribution in [-0.4, -0.2) is 49.1 Å². The summed E-state index contributed by atoms with van der Waals surface area (Å²) >= 11 is 1.95. The van der Waals surface area contributed by atoms with Crippen LogP contribution in [0, 0.1) is 5.92 Å². The maximum absolute atomic E-state index is 3.74. The van der Waals surface area contributed by atoms with E-state index in [9.17, 15) is 0 Å². The number of hydrogen-bond acceptors (Lipinski definition) is 3. The Morgan fingerprint density at radius 2 is 2.21 bits per heavy atom. The minimum absolute atomic E-state index is 0.829. The summed E-state index contributed by atoms with van der Waals surface area (Å²) in [7, 11) is 0. The molecule has 2 fully saturated rings. The van der Waals surface area contributed by atoms with Crippen LogP contribution in [0.15, 0.2) is 0 Å². The van der Waals surface area contributed by atoms with Crippen molar-refractivity contribution in [3.63, 3.8) is 0 Å². The van der Waals surface area contributed by atoms with Crippen molar-refractivity contribution in [3.8, 4) is 0 Å². The summed E-state index contributed by atoms with van der Waals surface area (Å²) < 4.78 is 0. The zero-order valence-electron chi connectivity index (χ0n) is 9.17. The van der Waals surface area contributed by atoms with E-state index in [4.69, 9.17) is 0 Å². The van der Waals surface area contributed by atoms with Crippen LogP contribution in [0.1, 0.15) is 19.3 Å². The Labute approximate surface area is 91.8 Å². The summed E-state index contributed by atoms with van der Waals surface area (Å²) in [6.07, 6.45) is 6.33. The number of piperidine rings is 1. The molecule has 2 saturated heterocycles. The van der Waals surface area contributed by atoms with E-state index < -0.39 is 0 Å². The second kappa shape index (κ2) is 5.38. The Balaban J connectivity index is 1.65. The molecule has 0 aromatic carbocycles. The number of nitrogens with one attached hydrogen (secondary N) is 1. The van der Waals surface area contributed by atoms with Gasteiger partial charge in [-0.05, 0) is 56.8 Å². The van der Waals surface area contributed by atoms with Gasteiger partial charge in [0.1, 0.15) is 0 Å². The van der Waals surface area contributed by atoms with E-state index in [1.807, 2.05) is 11.8 Å². The maximum atomic E-state index is 3.74. The molecule has 0 aliphatic carbocycles. The topological polar surface area (TPSA) is 15.3 Å². The van der Waals surface area contributed by atoms with Gasteiger partial charge in [0, 0.05) is 12.6 Å². The van der Waals surface area contributed by atoms with Crippen molar-refractivity contribution in [3.05, 3.63) is 0 Å². The minimum atomic E-state index is 0.829. The number of hydrogen-bond donors (Lipinski definition) is 1. The quantitative estimate of drug-likeness (QED) is 0.697. The number of nitrogens with zero attached hydrogens (tertiary/aromatic N) is 1. The lowest BCUT2D eigenvalue weighted by atomic mass is 9.94. The third-order valence-corrected chi connectivity index (χ3v) is 4.26. The van der Waals surface area contributed by atoms with Crippen LogP contribution >= 0.6 is 11.8 Å². The molecule has 1 N–H and O–H groups in total. The molecule has 82 valence electrons. The van der Waals surface area contributed by atoms with Gasteiger partial charge in [-0.2, -0.15) is 11.8 Å². The molecule has 3 atom stereocenters. The van der Waals surface area contributed by atoms with Crippen molar-refractivity contribution in [2.24, 2.45) is 5.92 Å². The van der Waals surface area contributed by atoms with E-state index in [1.54, 1.807) is 0 Å². The van der Waals surface area contributed by atoms with Crippen LogP contribution in [0.3, 0.4) is 0 Å². The fourth-order valence-electron chi connectivity index (χ4n) is 2.72. The first-order valence-corrected chi connectivity index (χ1v) is 7.24. The van der Waals surface area contributed by atoms with Gasteiger partial charge in [0.25, 0.3) is 0 Å². The first-order chi connectivity index (χ1) is 6.90. The summed E-state index contributed by atoms with van der Waals surface area (Å²) in [5.41, 5.74) is 0. The first kappa shape index (κ1) is 10.8. The molecule has 14 heavy (non-hydrogen) atoms. The van der Waals surface area contributed by atoms with Gasteiger partial charge >= 0.3 is 0 Å². The molecule has 3 heteroatoms. The molecular weight excluding hydrogens is 192 g/mol. The van der Waals surface area contributed by atoms with Crippen LogP contribution in [0.5, 0.6) is 0 Å². The highest BCUT2D eigenvalue weighted by Crippen LogP contribution is 2.26. The summed E-state index contributed by atoms with van der Waals surface area (Å²) in [5.74, 6) is 2.26. The Bertz CT molecular complexity index is 175. The molecule has 2 aliphatic heterocycles. The van der Waals surface area contributed by atoms with E-state index in [0.29, 0.717) is 0 Å². The molecule has 3 unspecified atom stereocenters. The zero-order chi connectivity index (χ0) is 9.80. The molecule has 0 spiro atoms. The highest BCUT2D eigenvalue weighted by molar-refractivity contribution is 7.98. The fourth-order valence-corrected chi connectivity index (χ4v) is 3.16. The molecule has 2 nitrogen and oxygen atoms in total. The largest absolute Gasteiger partial charge is 0.314 e. The summed E-state index contributed by atoms with van der Waals surface area (Å²) in [6.45, 7) is 5.27. The van der Waals surface area contributed by atoms with Crippen molar-refractivity contribution < 1.29 is 0 Å². The SMILES string of the molecule is CSCCCNC1CCN2CCC1C2. The summed E-state index contributed by atoms with van der Waals surface area (Å²) in [5, 5.41) is 3.74. The van der Waals surface area contributed by atoms with Crippen molar-refractivity contribution in [2.75, 3.05) is 38.2 Å². The Morgan fingerprint density at radius 3 is 3.07 bits per heavy atom. The molecule has 0 amide bonds. The Morgan fingerprint density at radius 1 is 1.36 bits per heavy atom. The summed E-state index contributed by atoms with van der Waals surface area (Å²) in [4.78, 5) is 2.62. The third kappa shape index (κ3) is 2.65. The predicted octanol–water partition coefficient (Wildman–Crippen LogP) is 1.42. The lowest BCUT2D eigenvalue weighted by Gasteiger charge is -2.31. The molecule has 2 heterocycles. The van der Waals surface area contributed by atoms with Crippen molar-refractivity contribution in [2.45, 2.75) is 25.3 Å². The smallest absolute Gasteiger partial charge is 0.0120 e. The van der Waals surface area contributed by atoms with Crippen LogP contribution in [0.4, 0.5) is 0 Å². The van der Waals surface area contributed by atoms with Gasteiger partial charge in [-0.1, -0.05) is 0 Å². The van der Waals surface area contributed by atoms with Gasteiger partial charge in [0.15, 0.2) is 0 Å². The second-order valence-electron chi connectivity index (χ2n) is 4.55.